The fraction of sp³-hybridized carbons (Fsp3) is 0.852. The molecule has 0 aromatic carbocycles. The zero-order valence-corrected chi connectivity index (χ0v) is 25.0. The number of hydrogen-bond acceptors (Lipinski definition) is 2. The van der Waals surface area contributed by atoms with E-state index in [9.17, 15) is 0 Å². The second-order valence-corrected chi connectivity index (χ2v) is 22.5. The third-order valence-corrected chi connectivity index (χ3v) is 19.8. The fourth-order valence-corrected chi connectivity index (χ4v) is 17.5. The number of terminal acetylenes is 1. The SMILES string of the molecule is C#CCC(CC=C)(CO[Si](C(C)C)(C(C)C)C(C)C)CO[Si](C(C)C)(C(C)C)C(C)C. The van der Waals surface area contributed by atoms with Gasteiger partial charge in [-0.05, 0) is 39.7 Å². The molecule has 0 aliphatic heterocycles. The van der Waals surface area contributed by atoms with Gasteiger partial charge in [-0.3, -0.25) is 0 Å². The minimum Gasteiger partial charge on any atom is -0.415 e. The molecule has 2 nitrogen and oxygen atoms in total. The summed E-state index contributed by atoms with van der Waals surface area (Å²) in [6.45, 7) is 33.5. The summed E-state index contributed by atoms with van der Waals surface area (Å²) < 4.78 is 14.1. The maximum atomic E-state index is 7.06. The molecule has 0 amide bonds. The van der Waals surface area contributed by atoms with E-state index in [2.05, 4.69) is 95.6 Å². The minimum absolute atomic E-state index is 0.204. The maximum Gasteiger partial charge on any atom is 0.200 e. The Hall–Kier alpha value is -0.346. The van der Waals surface area contributed by atoms with E-state index in [4.69, 9.17) is 15.3 Å². The van der Waals surface area contributed by atoms with E-state index in [0.29, 0.717) is 52.9 Å². The lowest BCUT2D eigenvalue weighted by Gasteiger charge is -2.47. The predicted octanol–water partition coefficient (Wildman–Crippen LogP) is 8.96. The van der Waals surface area contributed by atoms with Crippen molar-refractivity contribution < 1.29 is 8.85 Å². The third-order valence-electron chi connectivity index (χ3n) is 7.73. The van der Waals surface area contributed by atoms with Gasteiger partial charge in [0.2, 0.25) is 0 Å². The smallest absolute Gasteiger partial charge is 0.200 e. The van der Waals surface area contributed by atoms with Crippen LogP contribution in [0.3, 0.4) is 0 Å². The Morgan fingerprint density at radius 1 is 0.710 bits per heavy atom. The van der Waals surface area contributed by atoms with Gasteiger partial charge in [-0.25, -0.2) is 0 Å². The Morgan fingerprint density at radius 2 is 1.00 bits per heavy atom. The van der Waals surface area contributed by atoms with Crippen LogP contribution >= 0.6 is 0 Å². The van der Waals surface area contributed by atoms with Crippen LogP contribution in [0.2, 0.25) is 33.2 Å². The molecule has 0 aliphatic rings. The summed E-state index contributed by atoms with van der Waals surface area (Å²) in [6, 6.07) is 0. The van der Waals surface area contributed by atoms with Crippen LogP contribution in [-0.4, -0.2) is 29.8 Å². The molecule has 0 fully saturated rings. The molecule has 182 valence electrons. The molecule has 0 atom stereocenters. The van der Waals surface area contributed by atoms with E-state index in [1.807, 2.05) is 6.08 Å². The molecular weight excluding hydrogens is 412 g/mol. The molecule has 0 radical (unpaired) electrons. The van der Waals surface area contributed by atoms with Crippen LogP contribution in [0.1, 0.15) is 95.9 Å². The lowest BCUT2D eigenvalue weighted by atomic mass is 9.83. The highest BCUT2D eigenvalue weighted by Crippen LogP contribution is 2.46. The Kier molecular flexibility index (Phi) is 12.6. The van der Waals surface area contributed by atoms with E-state index in [1.165, 1.54) is 0 Å². The fourth-order valence-electron chi connectivity index (χ4n) is 6.41. The summed E-state index contributed by atoms with van der Waals surface area (Å²) in [4.78, 5) is 0. The van der Waals surface area contributed by atoms with Crippen molar-refractivity contribution in [2.75, 3.05) is 13.2 Å². The standard InChI is InChI=1S/C27H54O2Si2/c1-15-17-27(18-16-2,19-28-30(21(3)4,22(5)6)23(7)8)20-29-31(24(9)10,25(11)12)26(13)14/h1,16,21-26H,2,17-20H2,3-14H3. The van der Waals surface area contributed by atoms with Crippen LogP contribution in [0.4, 0.5) is 0 Å². The molecule has 0 bridgehead atoms. The molecule has 0 aromatic rings. The van der Waals surface area contributed by atoms with E-state index < -0.39 is 16.6 Å². The van der Waals surface area contributed by atoms with Crippen molar-refractivity contribution in [2.45, 2.75) is 129 Å². The van der Waals surface area contributed by atoms with Gasteiger partial charge in [-0.1, -0.05) is 89.2 Å². The first kappa shape index (κ1) is 30.7. The highest BCUT2D eigenvalue weighted by atomic mass is 28.4. The monoisotopic (exact) mass is 466 g/mol. The molecule has 0 aliphatic carbocycles. The summed E-state index contributed by atoms with van der Waals surface area (Å²) in [5, 5.41) is 0. The van der Waals surface area contributed by atoms with Crippen LogP contribution in [0, 0.1) is 17.8 Å². The molecule has 0 saturated carbocycles. The van der Waals surface area contributed by atoms with Crippen molar-refractivity contribution >= 4 is 16.6 Å². The Labute approximate surface area is 198 Å². The van der Waals surface area contributed by atoms with Gasteiger partial charge in [0.1, 0.15) is 0 Å². The molecule has 0 saturated heterocycles. The van der Waals surface area contributed by atoms with Crippen LogP contribution in [0.15, 0.2) is 12.7 Å². The minimum atomic E-state index is -1.98. The van der Waals surface area contributed by atoms with E-state index >= 15 is 0 Å². The normalized spacial score (nSPS) is 13.8. The summed E-state index contributed by atoms with van der Waals surface area (Å²) in [5.41, 5.74) is 3.11. The molecule has 31 heavy (non-hydrogen) atoms. The predicted molar refractivity (Wildman–Crippen MR) is 145 cm³/mol. The van der Waals surface area contributed by atoms with Gasteiger partial charge < -0.3 is 8.85 Å². The van der Waals surface area contributed by atoms with Gasteiger partial charge in [0.15, 0.2) is 16.6 Å². The van der Waals surface area contributed by atoms with E-state index in [1.54, 1.807) is 0 Å². The number of rotatable bonds is 15. The van der Waals surface area contributed by atoms with Crippen molar-refractivity contribution in [3.63, 3.8) is 0 Å². The van der Waals surface area contributed by atoms with Crippen LogP contribution in [0.25, 0.3) is 0 Å². The van der Waals surface area contributed by atoms with Gasteiger partial charge in [0.05, 0.1) is 0 Å². The molecule has 0 N–H and O–H groups in total. The number of allylic oxidation sites excluding steroid dienone is 1. The largest absolute Gasteiger partial charge is 0.415 e. The highest BCUT2D eigenvalue weighted by molar-refractivity contribution is 6.78. The average Bonchev–Trinajstić information content (AvgIpc) is 2.61. The lowest BCUT2D eigenvalue weighted by molar-refractivity contribution is 0.0666. The molecule has 0 aromatic heterocycles. The topological polar surface area (TPSA) is 18.5 Å². The van der Waals surface area contributed by atoms with Crippen LogP contribution in [-0.2, 0) is 8.85 Å². The van der Waals surface area contributed by atoms with E-state index in [0.717, 1.165) is 6.42 Å². The lowest BCUT2D eigenvalue weighted by Crippen LogP contribution is -2.53. The average molecular weight is 467 g/mol. The summed E-state index contributed by atoms with van der Waals surface area (Å²) in [7, 11) is -3.97. The second-order valence-electron chi connectivity index (χ2n) is 11.6. The van der Waals surface area contributed by atoms with Gasteiger partial charge in [0.25, 0.3) is 0 Å². The van der Waals surface area contributed by atoms with Gasteiger partial charge >= 0.3 is 0 Å². The molecule has 4 heteroatoms. The van der Waals surface area contributed by atoms with Crippen LogP contribution in [0.5, 0.6) is 0 Å². The molecular formula is C27H54O2Si2. The Morgan fingerprint density at radius 3 is 1.19 bits per heavy atom. The van der Waals surface area contributed by atoms with Crippen molar-refractivity contribution in [1.82, 2.24) is 0 Å². The summed E-state index contributed by atoms with van der Waals surface area (Å²) >= 11 is 0. The van der Waals surface area contributed by atoms with Crippen molar-refractivity contribution in [1.29, 1.82) is 0 Å². The number of hydrogen-bond donors (Lipinski definition) is 0. The van der Waals surface area contributed by atoms with Crippen molar-refractivity contribution in [3.8, 4) is 12.3 Å². The first-order valence-electron chi connectivity index (χ1n) is 12.5. The van der Waals surface area contributed by atoms with Crippen LogP contribution < -0.4 is 0 Å². The van der Waals surface area contributed by atoms with E-state index in [-0.39, 0.29) is 5.41 Å². The summed E-state index contributed by atoms with van der Waals surface area (Å²) in [6.07, 6.45) is 9.41. The third kappa shape index (κ3) is 6.82. The first-order valence-corrected chi connectivity index (χ1v) is 16.8. The quantitative estimate of drug-likeness (QED) is 0.136. The summed E-state index contributed by atoms with van der Waals surface area (Å²) in [5.74, 6) is 2.96. The highest BCUT2D eigenvalue weighted by Gasteiger charge is 2.49. The Balaban J connectivity index is 6.12. The maximum absolute atomic E-state index is 7.06. The Bertz CT molecular complexity index is 491. The van der Waals surface area contributed by atoms with Gasteiger partial charge in [-0.15, -0.1) is 18.9 Å². The van der Waals surface area contributed by atoms with Gasteiger partial charge in [-0.2, -0.15) is 0 Å². The van der Waals surface area contributed by atoms with Crippen molar-refractivity contribution in [2.24, 2.45) is 5.41 Å². The van der Waals surface area contributed by atoms with Gasteiger partial charge in [0, 0.05) is 25.0 Å². The zero-order valence-electron chi connectivity index (χ0n) is 23.0. The zero-order chi connectivity index (χ0) is 24.6. The van der Waals surface area contributed by atoms with Crippen molar-refractivity contribution in [3.05, 3.63) is 12.7 Å². The molecule has 0 heterocycles. The molecule has 0 rings (SSSR count). The molecule has 0 unspecified atom stereocenters. The first-order chi connectivity index (χ1) is 14.2. The second kappa shape index (κ2) is 12.8. The molecule has 0 spiro atoms.